The van der Waals surface area contributed by atoms with Crippen LogP contribution < -0.4 is 0 Å². The number of amides is 1. The number of halogens is 1. The number of ether oxygens (including phenoxy) is 1. The molecule has 0 fully saturated rings. The van der Waals surface area contributed by atoms with Gasteiger partial charge < -0.3 is 14.7 Å². The fraction of sp³-hybridized carbons (Fsp3) is 0.312. The van der Waals surface area contributed by atoms with E-state index in [1.807, 2.05) is 0 Å². The molecule has 0 aliphatic rings. The van der Waals surface area contributed by atoms with E-state index < -0.39 is 18.4 Å². The molecule has 0 radical (unpaired) electrons. The van der Waals surface area contributed by atoms with E-state index in [-0.39, 0.29) is 24.7 Å². The van der Waals surface area contributed by atoms with E-state index in [0.717, 1.165) is 4.90 Å². The average Bonchev–Trinajstić information content (AvgIpc) is 3.00. The SMILES string of the molecule is COCCN(CC(=O)O)C(=O)c1ccn(-c2ccc(F)cc2C)n1. The number of methoxy groups -OCH3 is 1. The van der Waals surface area contributed by atoms with Gasteiger partial charge >= 0.3 is 5.97 Å². The minimum absolute atomic E-state index is 0.107. The highest BCUT2D eigenvalue weighted by Gasteiger charge is 2.21. The number of hydrogen-bond donors (Lipinski definition) is 1. The van der Waals surface area contributed by atoms with Crippen molar-refractivity contribution in [1.29, 1.82) is 0 Å². The zero-order valence-electron chi connectivity index (χ0n) is 13.4. The Balaban J connectivity index is 2.23. The van der Waals surface area contributed by atoms with Crippen LogP contribution in [0.2, 0.25) is 0 Å². The topological polar surface area (TPSA) is 84.7 Å². The van der Waals surface area contributed by atoms with Crippen molar-refractivity contribution >= 4 is 11.9 Å². The normalized spacial score (nSPS) is 10.6. The zero-order chi connectivity index (χ0) is 17.7. The Hall–Kier alpha value is -2.74. The lowest BCUT2D eigenvalue weighted by Crippen LogP contribution is -2.38. The number of carboxylic acid groups (broad SMARTS) is 1. The van der Waals surface area contributed by atoms with Gasteiger partial charge in [-0.2, -0.15) is 5.10 Å². The van der Waals surface area contributed by atoms with E-state index in [1.165, 1.54) is 30.0 Å². The molecule has 0 atom stereocenters. The number of carboxylic acids is 1. The Morgan fingerprint density at radius 3 is 2.75 bits per heavy atom. The number of rotatable bonds is 7. The van der Waals surface area contributed by atoms with E-state index in [1.54, 1.807) is 19.2 Å². The minimum atomic E-state index is -1.12. The summed E-state index contributed by atoms with van der Waals surface area (Å²) in [7, 11) is 1.47. The second-order valence-electron chi connectivity index (χ2n) is 5.19. The van der Waals surface area contributed by atoms with Gasteiger partial charge in [0, 0.05) is 19.9 Å². The molecule has 1 amide bonds. The van der Waals surface area contributed by atoms with Crippen LogP contribution in [0.3, 0.4) is 0 Å². The number of aliphatic carboxylic acids is 1. The number of nitrogens with zero attached hydrogens (tertiary/aromatic N) is 3. The zero-order valence-corrected chi connectivity index (χ0v) is 13.4. The summed E-state index contributed by atoms with van der Waals surface area (Å²) in [6.07, 6.45) is 1.57. The third-order valence-corrected chi connectivity index (χ3v) is 3.39. The van der Waals surface area contributed by atoms with E-state index in [2.05, 4.69) is 5.10 Å². The van der Waals surface area contributed by atoms with Crippen LogP contribution >= 0.6 is 0 Å². The largest absolute Gasteiger partial charge is 0.480 e. The van der Waals surface area contributed by atoms with Crippen molar-refractivity contribution in [2.24, 2.45) is 0 Å². The monoisotopic (exact) mass is 335 g/mol. The van der Waals surface area contributed by atoms with Crippen LogP contribution in [-0.2, 0) is 9.53 Å². The van der Waals surface area contributed by atoms with E-state index in [9.17, 15) is 14.0 Å². The van der Waals surface area contributed by atoms with Gasteiger partial charge in [0.05, 0.1) is 12.3 Å². The average molecular weight is 335 g/mol. The second kappa shape index (κ2) is 7.69. The first kappa shape index (κ1) is 17.6. The van der Waals surface area contributed by atoms with Crippen molar-refractivity contribution in [2.75, 3.05) is 26.8 Å². The van der Waals surface area contributed by atoms with Crippen LogP contribution in [0.1, 0.15) is 16.1 Å². The maximum atomic E-state index is 13.2. The molecule has 2 rings (SSSR count). The van der Waals surface area contributed by atoms with Crippen molar-refractivity contribution in [3.63, 3.8) is 0 Å². The number of carbonyl (C=O) groups excluding carboxylic acids is 1. The molecule has 1 heterocycles. The van der Waals surface area contributed by atoms with Crippen molar-refractivity contribution in [2.45, 2.75) is 6.92 Å². The lowest BCUT2D eigenvalue weighted by atomic mass is 10.2. The number of aryl methyl sites for hydroxylation is 1. The van der Waals surface area contributed by atoms with Gasteiger partial charge in [0.2, 0.25) is 0 Å². The molecule has 1 N–H and O–H groups in total. The predicted molar refractivity (Wildman–Crippen MR) is 83.7 cm³/mol. The minimum Gasteiger partial charge on any atom is -0.480 e. The lowest BCUT2D eigenvalue weighted by Gasteiger charge is -2.19. The van der Waals surface area contributed by atoms with Crippen LogP contribution in [0.15, 0.2) is 30.5 Å². The molecule has 8 heteroatoms. The molecule has 0 aliphatic carbocycles. The van der Waals surface area contributed by atoms with E-state index in [0.29, 0.717) is 11.3 Å². The Labute approximate surface area is 138 Å². The highest BCUT2D eigenvalue weighted by atomic mass is 19.1. The molecular formula is C16H18FN3O4. The van der Waals surface area contributed by atoms with Crippen LogP contribution in [-0.4, -0.2) is 58.5 Å². The number of aromatic nitrogens is 2. The first-order valence-corrected chi connectivity index (χ1v) is 7.24. The molecule has 1 aromatic carbocycles. The Morgan fingerprint density at radius 2 is 2.12 bits per heavy atom. The molecule has 24 heavy (non-hydrogen) atoms. The fourth-order valence-corrected chi connectivity index (χ4v) is 2.23. The molecule has 2 aromatic rings. The van der Waals surface area contributed by atoms with Crippen molar-refractivity contribution in [3.05, 3.63) is 47.5 Å². The van der Waals surface area contributed by atoms with Crippen molar-refractivity contribution in [1.82, 2.24) is 14.7 Å². The first-order chi connectivity index (χ1) is 11.4. The molecule has 7 nitrogen and oxygen atoms in total. The standard InChI is InChI=1S/C16H18FN3O4/c1-11-9-12(17)3-4-14(11)20-6-5-13(18-20)16(23)19(7-8-24-2)10-15(21)22/h3-6,9H,7-8,10H2,1-2H3,(H,21,22). The van der Waals surface area contributed by atoms with Crippen molar-refractivity contribution < 1.29 is 23.8 Å². The van der Waals surface area contributed by atoms with Gasteiger partial charge in [-0.05, 0) is 36.8 Å². The van der Waals surface area contributed by atoms with Gasteiger partial charge in [-0.3, -0.25) is 9.59 Å². The summed E-state index contributed by atoms with van der Waals surface area (Å²) in [5.41, 5.74) is 1.41. The molecule has 1 aromatic heterocycles. The van der Waals surface area contributed by atoms with Gasteiger partial charge in [0.25, 0.3) is 5.91 Å². The Bertz CT molecular complexity index is 745. The van der Waals surface area contributed by atoms with Crippen LogP contribution in [0.4, 0.5) is 4.39 Å². The van der Waals surface area contributed by atoms with Crippen molar-refractivity contribution in [3.8, 4) is 5.69 Å². The predicted octanol–water partition coefficient (Wildman–Crippen LogP) is 1.49. The molecular weight excluding hydrogens is 317 g/mol. The molecule has 0 spiro atoms. The van der Waals surface area contributed by atoms with Gasteiger partial charge in [-0.15, -0.1) is 0 Å². The molecule has 0 unspecified atom stereocenters. The van der Waals surface area contributed by atoms with Crippen LogP contribution in [0.5, 0.6) is 0 Å². The van der Waals surface area contributed by atoms with Gasteiger partial charge in [0.1, 0.15) is 12.4 Å². The summed E-state index contributed by atoms with van der Waals surface area (Å²) >= 11 is 0. The van der Waals surface area contributed by atoms with Gasteiger partial charge in [-0.25, -0.2) is 9.07 Å². The first-order valence-electron chi connectivity index (χ1n) is 7.24. The third kappa shape index (κ3) is 4.17. The smallest absolute Gasteiger partial charge is 0.323 e. The lowest BCUT2D eigenvalue weighted by molar-refractivity contribution is -0.137. The summed E-state index contributed by atoms with van der Waals surface area (Å²) in [4.78, 5) is 24.5. The number of benzene rings is 1. The molecule has 128 valence electrons. The highest BCUT2D eigenvalue weighted by Crippen LogP contribution is 2.15. The third-order valence-electron chi connectivity index (χ3n) is 3.39. The van der Waals surface area contributed by atoms with E-state index in [4.69, 9.17) is 9.84 Å². The molecule has 0 aliphatic heterocycles. The van der Waals surface area contributed by atoms with Gasteiger partial charge in [-0.1, -0.05) is 0 Å². The second-order valence-corrected chi connectivity index (χ2v) is 5.19. The molecule has 0 saturated heterocycles. The summed E-state index contributed by atoms with van der Waals surface area (Å²) in [5, 5.41) is 13.1. The molecule has 0 saturated carbocycles. The summed E-state index contributed by atoms with van der Waals surface area (Å²) < 4.78 is 19.5. The summed E-state index contributed by atoms with van der Waals surface area (Å²) in [5.74, 6) is -1.98. The van der Waals surface area contributed by atoms with Gasteiger partial charge in [0.15, 0.2) is 5.69 Å². The quantitative estimate of drug-likeness (QED) is 0.829. The number of carbonyl (C=O) groups is 2. The van der Waals surface area contributed by atoms with Crippen LogP contribution in [0, 0.1) is 12.7 Å². The fourth-order valence-electron chi connectivity index (χ4n) is 2.23. The highest BCUT2D eigenvalue weighted by molar-refractivity contribution is 5.94. The Kier molecular flexibility index (Phi) is 5.64. The summed E-state index contributed by atoms with van der Waals surface area (Å²) in [6, 6.07) is 5.73. The van der Waals surface area contributed by atoms with Crippen LogP contribution in [0.25, 0.3) is 5.69 Å². The summed E-state index contributed by atoms with van der Waals surface area (Å²) in [6.45, 7) is 1.66. The molecule has 0 bridgehead atoms. The maximum Gasteiger partial charge on any atom is 0.323 e. The Morgan fingerprint density at radius 1 is 1.38 bits per heavy atom. The maximum absolute atomic E-state index is 13.2. The van der Waals surface area contributed by atoms with E-state index >= 15 is 0 Å². The number of hydrogen-bond acceptors (Lipinski definition) is 4.